The SMILES string of the molecule is C[C@H](C(=O)N(C)C1CCN(c2ncccn2)CC1)c1ccccc1. The largest absolute Gasteiger partial charge is 0.342 e. The highest BCUT2D eigenvalue weighted by Gasteiger charge is 2.28. The zero-order chi connectivity index (χ0) is 16.9. The van der Waals surface area contributed by atoms with Crippen LogP contribution in [0.25, 0.3) is 0 Å². The van der Waals surface area contributed by atoms with E-state index in [2.05, 4.69) is 14.9 Å². The van der Waals surface area contributed by atoms with E-state index in [1.54, 1.807) is 12.4 Å². The van der Waals surface area contributed by atoms with Gasteiger partial charge in [0.25, 0.3) is 0 Å². The maximum absolute atomic E-state index is 12.8. The molecule has 5 nitrogen and oxygen atoms in total. The van der Waals surface area contributed by atoms with Crippen LogP contribution in [-0.4, -0.2) is 47.0 Å². The Kier molecular flexibility index (Phi) is 5.08. The molecule has 1 aliphatic rings. The Morgan fingerprint density at radius 3 is 2.38 bits per heavy atom. The third-order valence-corrected chi connectivity index (χ3v) is 4.86. The number of hydrogen-bond acceptors (Lipinski definition) is 4. The molecule has 1 aromatic heterocycles. The second-order valence-electron chi connectivity index (χ2n) is 6.35. The van der Waals surface area contributed by atoms with E-state index in [1.807, 2.05) is 55.3 Å². The molecule has 1 saturated heterocycles. The van der Waals surface area contributed by atoms with Gasteiger partial charge in [0.15, 0.2) is 0 Å². The van der Waals surface area contributed by atoms with Gasteiger partial charge in [-0.05, 0) is 31.4 Å². The molecule has 0 bridgehead atoms. The highest BCUT2D eigenvalue weighted by atomic mass is 16.2. The van der Waals surface area contributed by atoms with E-state index in [1.165, 1.54) is 0 Å². The Labute approximate surface area is 143 Å². The van der Waals surface area contributed by atoms with Crippen LogP contribution < -0.4 is 4.90 Å². The fourth-order valence-corrected chi connectivity index (χ4v) is 3.28. The van der Waals surface area contributed by atoms with Gasteiger partial charge in [-0.3, -0.25) is 4.79 Å². The van der Waals surface area contributed by atoms with Crippen molar-refractivity contribution in [3.63, 3.8) is 0 Å². The molecule has 1 aliphatic heterocycles. The third-order valence-electron chi connectivity index (χ3n) is 4.86. The molecule has 2 heterocycles. The Balaban J connectivity index is 1.58. The minimum Gasteiger partial charge on any atom is -0.342 e. The van der Waals surface area contributed by atoms with Crippen molar-refractivity contribution in [2.75, 3.05) is 25.0 Å². The number of hydrogen-bond donors (Lipinski definition) is 0. The predicted molar refractivity (Wildman–Crippen MR) is 94.9 cm³/mol. The van der Waals surface area contributed by atoms with Crippen LogP contribution in [0.5, 0.6) is 0 Å². The summed E-state index contributed by atoms with van der Waals surface area (Å²) in [6.45, 7) is 3.75. The van der Waals surface area contributed by atoms with Crippen LogP contribution in [0.2, 0.25) is 0 Å². The average Bonchev–Trinajstić information content (AvgIpc) is 2.68. The van der Waals surface area contributed by atoms with E-state index in [4.69, 9.17) is 0 Å². The molecule has 0 aliphatic carbocycles. The standard InChI is InChI=1S/C19H24N4O/c1-15(16-7-4-3-5-8-16)18(24)22(2)17-9-13-23(14-10-17)19-20-11-6-12-21-19/h3-8,11-12,15,17H,9-10,13-14H2,1-2H3/t15-/m0/s1. The van der Waals surface area contributed by atoms with Crippen LogP contribution in [0.1, 0.15) is 31.2 Å². The van der Waals surface area contributed by atoms with Gasteiger partial charge in [0, 0.05) is 38.6 Å². The number of rotatable bonds is 4. The lowest BCUT2D eigenvalue weighted by molar-refractivity contribution is -0.133. The van der Waals surface area contributed by atoms with Crippen LogP contribution in [0.3, 0.4) is 0 Å². The zero-order valence-corrected chi connectivity index (χ0v) is 14.3. The summed E-state index contributed by atoms with van der Waals surface area (Å²) < 4.78 is 0. The lowest BCUT2D eigenvalue weighted by Crippen LogP contribution is -2.47. The number of nitrogens with zero attached hydrogens (tertiary/aromatic N) is 4. The minimum atomic E-state index is -0.105. The molecule has 1 atom stereocenters. The van der Waals surface area contributed by atoms with Gasteiger partial charge in [-0.2, -0.15) is 0 Å². The molecule has 0 spiro atoms. The third kappa shape index (κ3) is 3.55. The van der Waals surface area contributed by atoms with Gasteiger partial charge in [-0.25, -0.2) is 9.97 Å². The minimum absolute atomic E-state index is 0.105. The van der Waals surface area contributed by atoms with Crippen molar-refractivity contribution >= 4 is 11.9 Å². The number of benzene rings is 1. The molecule has 5 heteroatoms. The van der Waals surface area contributed by atoms with Gasteiger partial charge in [0.2, 0.25) is 11.9 Å². The number of carbonyl (C=O) groups excluding carboxylic acids is 1. The average molecular weight is 324 g/mol. The Hall–Kier alpha value is -2.43. The summed E-state index contributed by atoms with van der Waals surface area (Å²) in [4.78, 5) is 25.5. The first kappa shape index (κ1) is 16.4. The summed E-state index contributed by atoms with van der Waals surface area (Å²) in [6.07, 6.45) is 5.43. The van der Waals surface area contributed by atoms with Crippen molar-refractivity contribution in [1.29, 1.82) is 0 Å². The monoisotopic (exact) mass is 324 g/mol. The van der Waals surface area contributed by atoms with Crippen molar-refractivity contribution in [2.24, 2.45) is 0 Å². The molecule has 24 heavy (non-hydrogen) atoms. The first-order chi connectivity index (χ1) is 11.7. The number of piperidine rings is 1. The molecule has 0 saturated carbocycles. The highest BCUT2D eigenvalue weighted by molar-refractivity contribution is 5.83. The number of amides is 1. The molecular formula is C19H24N4O. The summed E-state index contributed by atoms with van der Waals surface area (Å²) >= 11 is 0. The van der Waals surface area contributed by atoms with Crippen LogP contribution in [0.4, 0.5) is 5.95 Å². The first-order valence-corrected chi connectivity index (χ1v) is 8.50. The quantitative estimate of drug-likeness (QED) is 0.868. The van der Waals surface area contributed by atoms with Crippen molar-refractivity contribution in [3.8, 4) is 0 Å². The van der Waals surface area contributed by atoms with Crippen molar-refractivity contribution in [3.05, 3.63) is 54.4 Å². The Bertz CT molecular complexity index is 654. The fourth-order valence-electron chi connectivity index (χ4n) is 3.28. The molecule has 0 radical (unpaired) electrons. The molecule has 1 amide bonds. The van der Waals surface area contributed by atoms with Crippen LogP contribution in [-0.2, 0) is 4.79 Å². The number of anilines is 1. The summed E-state index contributed by atoms with van der Waals surface area (Å²) in [7, 11) is 1.93. The van der Waals surface area contributed by atoms with Gasteiger partial charge in [-0.1, -0.05) is 30.3 Å². The van der Waals surface area contributed by atoms with Gasteiger partial charge in [0.1, 0.15) is 0 Å². The molecule has 2 aromatic rings. The van der Waals surface area contributed by atoms with Gasteiger partial charge < -0.3 is 9.80 Å². The maximum Gasteiger partial charge on any atom is 0.229 e. The molecule has 3 rings (SSSR count). The maximum atomic E-state index is 12.8. The van der Waals surface area contributed by atoms with Gasteiger partial charge in [0.05, 0.1) is 5.92 Å². The second-order valence-corrected chi connectivity index (χ2v) is 6.35. The molecular weight excluding hydrogens is 300 g/mol. The van der Waals surface area contributed by atoms with Crippen molar-refractivity contribution in [2.45, 2.75) is 31.7 Å². The highest BCUT2D eigenvalue weighted by Crippen LogP contribution is 2.23. The van der Waals surface area contributed by atoms with E-state index < -0.39 is 0 Å². The summed E-state index contributed by atoms with van der Waals surface area (Å²) in [5, 5.41) is 0. The molecule has 0 unspecified atom stereocenters. The number of carbonyl (C=O) groups is 1. The Morgan fingerprint density at radius 1 is 1.12 bits per heavy atom. The predicted octanol–water partition coefficient (Wildman–Crippen LogP) is 2.71. The van der Waals surface area contributed by atoms with Gasteiger partial charge >= 0.3 is 0 Å². The second kappa shape index (κ2) is 7.43. The smallest absolute Gasteiger partial charge is 0.229 e. The molecule has 126 valence electrons. The molecule has 1 aromatic carbocycles. The number of likely N-dealkylation sites (N-methyl/N-ethyl adjacent to an activating group) is 1. The fraction of sp³-hybridized carbons (Fsp3) is 0.421. The van der Waals surface area contributed by atoms with Crippen LogP contribution >= 0.6 is 0 Å². The van der Waals surface area contributed by atoms with E-state index in [0.29, 0.717) is 0 Å². The number of aromatic nitrogens is 2. The van der Waals surface area contributed by atoms with E-state index in [9.17, 15) is 4.79 Å². The summed E-state index contributed by atoms with van der Waals surface area (Å²) in [6, 6.07) is 12.1. The molecule has 0 N–H and O–H groups in total. The van der Waals surface area contributed by atoms with Gasteiger partial charge in [-0.15, -0.1) is 0 Å². The molecule has 1 fully saturated rings. The Morgan fingerprint density at radius 2 is 1.75 bits per heavy atom. The van der Waals surface area contributed by atoms with Crippen LogP contribution in [0, 0.1) is 0 Å². The lowest BCUT2D eigenvalue weighted by Gasteiger charge is -2.37. The van der Waals surface area contributed by atoms with Crippen LogP contribution in [0.15, 0.2) is 48.8 Å². The van der Waals surface area contributed by atoms with E-state index in [-0.39, 0.29) is 17.9 Å². The van der Waals surface area contributed by atoms with E-state index >= 15 is 0 Å². The van der Waals surface area contributed by atoms with E-state index in [0.717, 1.165) is 37.4 Å². The normalized spacial score (nSPS) is 16.7. The topological polar surface area (TPSA) is 49.3 Å². The van der Waals surface area contributed by atoms with Crippen molar-refractivity contribution < 1.29 is 4.79 Å². The first-order valence-electron chi connectivity index (χ1n) is 8.50. The summed E-state index contributed by atoms with van der Waals surface area (Å²) in [5.41, 5.74) is 1.07. The lowest BCUT2D eigenvalue weighted by atomic mass is 9.97. The van der Waals surface area contributed by atoms with Crippen molar-refractivity contribution in [1.82, 2.24) is 14.9 Å². The zero-order valence-electron chi connectivity index (χ0n) is 14.3. The summed E-state index contributed by atoms with van der Waals surface area (Å²) in [5.74, 6) is 0.866.